The number of cyclic esters (lactones) is 1. The molecule has 1 saturated heterocycles. The molecule has 6 nitrogen and oxygen atoms in total. The lowest BCUT2D eigenvalue weighted by Gasteiger charge is -2.38. The van der Waals surface area contributed by atoms with Crippen LogP contribution in [0.3, 0.4) is 0 Å². The molecular weight excluding hydrogens is 292 g/mol. The monoisotopic (exact) mass is 306 g/mol. The average Bonchev–Trinajstić information content (AvgIpc) is 2.28. The van der Waals surface area contributed by atoms with E-state index in [-0.39, 0.29) is 6.61 Å². The van der Waals surface area contributed by atoms with Crippen molar-refractivity contribution in [1.82, 2.24) is 0 Å². The summed E-state index contributed by atoms with van der Waals surface area (Å²) in [7, 11) is 8.30. The van der Waals surface area contributed by atoms with E-state index in [0.717, 1.165) is 0 Å². The number of hydrogen-bond donors (Lipinski definition) is 0. The smallest absolute Gasteiger partial charge is 0.338 e. The first kappa shape index (κ1) is 15.1. The highest BCUT2D eigenvalue weighted by molar-refractivity contribution is 7.10. The Hall–Kier alpha value is 1.03. The summed E-state index contributed by atoms with van der Waals surface area (Å²) in [5.74, 6) is -0.507. The molecule has 0 spiro atoms. The second-order valence-electron chi connectivity index (χ2n) is 3.07. The van der Waals surface area contributed by atoms with Crippen molar-refractivity contribution in [1.29, 1.82) is 0 Å². The third-order valence-corrected chi connectivity index (χ3v) is 3.32. The van der Waals surface area contributed by atoms with Crippen molar-refractivity contribution >= 4 is 43.8 Å². The van der Waals surface area contributed by atoms with Crippen molar-refractivity contribution in [3.05, 3.63) is 0 Å². The largest absolute Gasteiger partial charge is 0.455 e. The third-order valence-electron chi connectivity index (χ3n) is 2.21. The summed E-state index contributed by atoms with van der Waals surface area (Å²) in [6.45, 7) is 0.198. The second kappa shape index (κ2) is 7.46. The molecular formula is C6H14O6P4. The van der Waals surface area contributed by atoms with Crippen LogP contribution in [0.2, 0.25) is 0 Å². The van der Waals surface area contributed by atoms with Crippen LogP contribution in [0, 0.1) is 0 Å². The average molecular weight is 306 g/mol. The van der Waals surface area contributed by atoms with Gasteiger partial charge in [0.1, 0.15) is 12.2 Å². The number of carbonyl (C=O) groups is 1. The van der Waals surface area contributed by atoms with Gasteiger partial charge in [0.2, 0.25) is 0 Å². The van der Waals surface area contributed by atoms with Gasteiger partial charge in [-0.1, -0.05) is 0 Å². The van der Waals surface area contributed by atoms with Crippen LogP contribution < -0.4 is 0 Å². The molecule has 0 bridgehead atoms. The lowest BCUT2D eigenvalue weighted by Crippen LogP contribution is -2.57. The van der Waals surface area contributed by atoms with Gasteiger partial charge in [0.25, 0.3) is 0 Å². The summed E-state index contributed by atoms with van der Waals surface area (Å²) >= 11 is 0. The summed E-state index contributed by atoms with van der Waals surface area (Å²) in [5, 5.41) is 0. The van der Waals surface area contributed by atoms with Gasteiger partial charge in [-0.05, 0) is 0 Å². The molecule has 8 atom stereocenters. The van der Waals surface area contributed by atoms with Crippen LogP contribution in [0.15, 0.2) is 0 Å². The summed E-state index contributed by atoms with van der Waals surface area (Å²) in [4.78, 5) is 11.6. The van der Waals surface area contributed by atoms with Gasteiger partial charge < -0.3 is 22.8 Å². The van der Waals surface area contributed by atoms with E-state index >= 15 is 0 Å². The molecule has 1 heterocycles. The van der Waals surface area contributed by atoms with Gasteiger partial charge in [0, 0.05) is 37.9 Å². The standard InChI is InChI=1S/C6H14O6P4/c7-6-5(12-16)4(11-15)3(10-14)2(9-6)1-8-13/h2-5H,1,13-16H2/t2-,3?,4?,5?/m1/s1. The van der Waals surface area contributed by atoms with Crippen molar-refractivity contribution in [2.45, 2.75) is 24.4 Å². The molecule has 1 aliphatic rings. The van der Waals surface area contributed by atoms with E-state index in [9.17, 15) is 4.79 Å². The predicted octanol–water partition coefficient (Wildman–Crippen LogP) is 0.244. The zero-order valence-corrected chi connectivity index (χ0v) is 12.9. The quantitative estimate of drug-likeness (QED) is 0.536. The Morgan fingerprint density at radius 1 is 1.06 bits per heavy atom. The Balaban J connectivity index is 2.83. The van der Waals surface area contributed by atoms with Crippen LogP contribution in [-0.2, 0) is 27.6 Å². The van der Waals surface area contributed by atoms with Crippen molar-refractivity contribution in [2.24, 2.45) is 0 Å². The first-order chi connectivity index (χ1) is 7.69. The zero-order valence-electron chi connectivity index (χ0n) is 8.28. The maximum Gasteiger partial charge on any atom is 0.338 e. The van der Waals surface area contributed by atoms with Crippen LogP contribution >= 0.6 is 37.9 Å². The van der Waals surface area contributed by atoms with E-state index in [1.54, 1.807) is 0 Å². The molecule has 1 aliphatic heterocycles. The summed E-state index contributed by atoms with van der Waals surface area (Å²) in [6.07, 6.45) is -2.43. The molecule has 7 unspecified atom stereocenters. The lowest BCUT2D eigenvalue weighted by molar-refractivity contribution is -0.191. The Bertz CT molecular complexity index is 241. The third kappa shape index (κ3) is 3.28. The van der Waals surface area contributed by atoms with E-state index < -0.39 is 30.4 Å². The van der Waals surface area contributed by atoms with Gasteiger partial charge in [-0.2, -0.15) is 0 Å². The van der Waals surface area contributed by atoms with Gasteiger partial charge in [-0.15, -0.1) is 0 Å². The van der Waals surface area contributed by atoms with E-state index in [1.807, 2.05) is 9.47 Å². The van der Waals surface area contributed by atoms with Crippen LogP contribution in [0.1, 0.15) is 0 Å². The molecule has 0 aromatic rings. The molecule has 0 N–H and O–H groups in total. The molecule has 0 aromatic heterocycles. The minimum atomic E-state index is -0.839. The van der Waals surface area contributed by atoms with Crippen LogP contribution in [0.4, 0.5) is 0 Å². The molecule has 0 radical (unpaired) electrons. The molecule has 0 aliphatic carbocycles. The summed E-state index contributed by atoms with van der Waals surface area (Å²) < 4.78 is 25.2. The fourth-order valence-corrected chi connectivity index (χ4v) is 2.56. The first-order valence-corrected chi connectivity index (χ1v) is 6.17. The number of esters is 1. The minimum absolute atomic E-state index is 0.198. The molecule has 94 valence electrons. The van der Waals surface area contributed by atoms with E-state index in [4.69, 9.17) is 22.8 Å². The number of hydrogen-bond acceptors (Lipinski definition) is 6. The highest BCUT2D eigenvalue weighted by Crippen LogP contribution is 2.28. The Morgan fingerprint density at radius 2 is 1.69 bits per heavy atom. The van der Waals surface area contributed by atoms with Crippen LogP contribution in [-0.4, -0.2) is 37.0 Å². The van der Waals surface area contributed by atoms with E-state index in [2.05, 4.69) is 28.4 Å². The van der Waals surface area contributed by atoms with Gasteiger partial charge in [-0.3, -0.25) is 0 Å². The van der Waals surface area contributed by atoms with Gasteiger partial charge >= 0.3 is 5.97 Å². The van der Waals surface area contributed by atoms with Gasteiger partial charge in [0.15, 0.2) is 12.2 Å². The number of carbonyl (C=O) groups excluding carboxylic acids is 1. The highest BCUT2D eigenvalue weighted by atomic mass is 31.0. The molecule has 0 aromatic carbocycles. The maximum absolute atomic E-state index is 11.6. The molecule has 10 heteroatoms. The number of ether oxygens (including phenoxy) is 1. The molecule has 0 saturated carbocycles. The molecule has 1 fully saturated rings. The Labute approximate surface area is 103 Å². The SMILES string of the molecule is O=C1O[C@H](COP)C(OP)C(OP)C1OP. The van der Waals surface area contributed by atoms with E-state index in [1.165, 1.54) is 0 Å². The predicted molar refractivity (Wildman–Crippen MR) is 69.3 cm³/mol. The topological polar surface area (TPSA) is 63.2 Å². The number of rotatable bonds is 5. The van der Waals surface area contributed by atoms with Crippen molar-refractivity contribution in [2.75, 3.05) is 6.61 Å². The van der Waals surface area contributed by atoms with Crippen molar-refractivity contribution < 1.29 is 27.6 Å². The highest BCUT2D eigenvalue weighted by Gasteiger charge is 2.47. The van der Waals surface area contributed by atoms with Crippen LogP contribution in [0.5, 0.6) is 0 Å². The fourth-order valence-electron chi connectivity index (χ4n) is 1.47. The molecule has 1 rings (SSSR count). The summed E-state index contributed by atoms with van der Waals surface area (Å²) in [5.41, 5.74) is 0. The Morgan fingerprint density at radius 3 is 2.12 bits per heavy atom. The van der Waals surface area contributed by atoms with E-state index in [0.29, 0.717) is 0 Å². The molecule has 16 heavy (non-hydrogen) atoms. The lowest BCUT2D eigenvalue weighted by atomic mass is 10.0. The first-order valence-electron chi connectivity index (χ1n) is 4.28. The molecule has 0 amide bonds. The minimum Gasteiger partial charge on any atom is -0.455 e. The zero-order chi connectivity index (χ0) is 12.1. The maximum atomic E-state index is 11.6. The summed E-state index contributed by atoms with van der Waals surface area (Å²) in [6, 6.07) is 0. The second-order valence-corrected chi connectivity index (χ2v) is 4.22. The van der Waals surface area contributed by atoms with Gasteiger partial charge in [0.05, 0.1) is 6.61 Å². The van der Waals surface area contributed by atoms with Gasteiger partial charge in [-0.25, -0.2) is 4.79 Å². The van der Waals surface area contributed by atoms with Crippen molar-refractivity contribution in [3.8, 4) is 0 Å². The van der Waals surface area contributed by atoms with Crippen LogP contribution in [0.25, 0.3) is 0 Å². The Kier molecular flexibility index (Phi) is 7.04. The fraction of sp³-hybridized carbons (Fsp3) is 0.833. The normalized spacial score (nSPS) is 34.9. The van der Waals surface area contributed by atoms with Crippen molar-refractivity contribution in [3.63, 3.8) is 0 Å².